The van der Waals surface area contributed by atoms with Crippen molar-refractivity contribution in [2.45, 2.75) is 70.3 Å². The predicted octanol–water partition coefficient (Wildman–Crippen LogP) is 4.93. The van der Waals surface area contributed by atoms with Gasteiger partial charge < -0.3 is 4.74 Å². The molecule has 0 aromatic rings. The average molecular weight is 303 g/mol. The standard InChI is InChI=1S/C15H27BrO/c1-13-6-5-9-15(10-13,12-16)17-11-14-7-3-2-4-8-14/h13-14H,2-12H2,1H3. The van der Waals surface area contributed by atoms with Gasteiger partial charge in [-0.05, 0) is 37.5 Å². The normalized spacial score (nSPS) is 36.0. The summed E-state index contributed by atoms with van der Waals surface area (Å²) in [7, 11) is 0. The number of hydrogen-bond donors (Lipinski definition) is 0. The van der Waals surface area contributed by atoms with Gasteiger partial charge in [-0.2, -0.15) is 0 Å². The van der Waals surface area contributed by atoms with E-state index in [-0.39, 0.29) is 5.60 Å². The van der Waals surface area contributed by atoms with Crippen LogP contribution in [0.2, 0.25) is 0 Å². The van der Waals surface area contributed by atoms with E-state index in [9.17, 15) is 0 Å². The van der Waals surface area contributed by atoms with Gasteiger partial charge in [-0.15, -0.1) is 0 Å². The van der Waals surface area contributed by atoms with E-state index in [4.69, 9.17) is 4.74 Å². The van der Waals surface area contributed by atoms with Crippen molar-refractivity contribution in [3.8, 4) is 0 Å². The van der Waals surface area contributed by atoms with Gasteiger partial charge in [0.15, 0.2) is 0 Å². The van der Waals surface area contributed by atoms with E-state index >= 15 is 0 Å². The largest absolute Gasteiger partial charge is 0.374 e. The molecule has 0 amide bonds. The molecule has 2 aliphatic rings. The third-order valence-electron chi connectivity index (χ3n) is 4.64. The molecule has 0 N–H and O–H groups in total. The van der Waals surface area contributed by atoms with Gasteiger partial charge in [0.05, 0.1) is 12.2 Å². The third kappa shape index (κ3) is 3.96. The number of rotatable bonds is 4. The molecule has 0 bridgehead atoms. The van der Waals surface area contributed by atoms with Crippen LogP contribution >= 0.6 is 15.9 Å². The van der Waals surface area contributed by atoms with Gasteiger partial charge >= 0.3 is 0 Å². The molecule has 17 heavy (non-hydrogen) atoms. The smallest absolute Gasteiger partial charge is 0.0781 e. The Labute approximate surface area is 115 Å². The molecular formula is C15H27BrO. The monoisotopic (exact) mass is 302 g/mol. The Morgan fingerprint density at radius 2 is 1.88 bits per heavy atom. The SMILES string of the molecule is CC1CCCC(CBr)(OCC2CCCCC2)C1. The molecule has 100 valence electrons. The van der Waals surface area contributed by atoms with Crippen molar-refractivity contribution in [2.75, 3.05) is 11.9 Å². The van der Waals surface area contributed by atoms with Crippen molar-refractivity contribution in [2.24, 2.45) is 11.8 Å². The van der Waals surface area contributed by atoms with E-state index in [0.29, 0.717) is 0 Å². The number of hydrogen-bond acceptors (Lipinski definition) is 1. The first-order chi connectivity index (χ1) is 8.24. The van der Waals surface area contributed by atoms with Gasteiger partial charge in [0.25, 0.3) is 0 Å². The molecule has 1 nitrogen and oxygen atoms in total. The summed E-state index contributed by atoms with van der Waals surface area (Å²) in [5.74, 6) is 1.68. The van der Waals surface area contributed by atoms with E-state index in [2.05, 4.69) is 22.9 Å². The first kappa shape index (κ1) is 13.9. The molecule has 0 heterocycles. The molecule has 2 rings (SSSR count). The molecule has 0 radical (unpaired) electrons. The van der Waals surface area contributed by atoms with Crippen LogP contribution in [-0.4, -0.2) is 17.5 Å². The van der Waals surface area contributed by atoms with Gasteiger partial charge in [-0.25, -0.2) is 0 Å². The fourth-order valence-electron chi connectivity index (χ4n) is 3.55. The zero-order valence-corrected chi connectivity index (χ0v) is 12.8. The van der Waals surface area contributed by atoms with E-state index < -0.39 is 0 Å². The Hall–Kier alpha value is 0.440. The summed E-state index contributed by atoms with van der Waals surface area (Å²) in [5, 5.41) is 1.02. The van der Waals surface area contributed by atoms with Gasteiger partial charge in [0, 0.05) is 5.33 Å². The summed E-state index contributed by atoms with van der Waals surface area (Å²) >= 11 is 3.70. The molecule has 2 atom stereocenters. The second-order valence-corrected chi connectivity index (χ2v) is 6.89. The molecule has 2 fully saturated rings. The number of ether oxygens (including phenoxy) is 1. The maximum atomic E-state index is 6.38. The Morgan fingerprint density at radius 1 is 1.12 bits per heavy atom. The van der Waals surface area contributed by atoms with Crippen LogP contribution in [0.4, 0.5) is 0 Å². The van der Waals surface area contributed by atoms with Crippen molar-refractivity contribution in [3.05, 3.63) is 0 Å². The van der Waals surface area contributed by atoms with Crippen LogP contribution in [-0.2, 0) is 4.74 Å². The number of alkyl halides is 1. The zero-order chi connectivity index (χ0) is 12.1. The first-order valence-corrected chi connectivity index (χ1v) is 8.56. The van der Waals surface area contributed by atoms with Gasteiger partial charge in [0.2, 0.25) is 0 Å². The second-order valence-electron chi connectivity index (χ2n) is 6.33. The van der Waals surface area contributed by atoms with Crippen molar-refractivity contribution >= 4 is 15.9 Å². The maximum absolute atomic E-state index is 6.38. The third-order valence-corrected chi connectivity index (χ3v) is 5.67. The quantitative estimate of drug-likeness (QED) is 0.669. The fourth-order valence-corrected chi connectivity index (χ4v) is 4.22. The van der Waals surface area contributed by atoms with Crippen LogP contribution in [0.3, 0.4) is 0 Å². The molecule has 2 unspecified atom stereocenters. The topological polar surface area (TPSA) is 9.23 Å². The minimum atomic E-state index is 0.162. The highest BCUT2D eigenvalue weighted by molar-refractivity contribution is 9.09. The van der Waals surface area contributed by atoms with Gasteiger partial charge in [-0.1, -0.05) is 55.0 Å². The van der Waals surface area contributed by atoms with Gasteiger partial charge in [0.1, 0.15) is 0 Å². The predicted molar refractivity (Wildman–Crippen MR) is 76.7 cm³/mol. The van der Waals surface area contributed by atoms with Crippen molar-refractivity contribution in [1.29, 1.82) is 0 Å². The Morgan fingerprint density at radius 3 is 2.53 bits per heavy atom. The Balaban J connectivity index is 1.81. The molecule has 0 aromatic carbocycles. The van der Waals surface area contributed by atoms with Crippen LogP contribution in [0.1, 0.15) is 64.7 Å². The minimum Gasteiger partial charge on any atom is -0.374 e. The fraction of sp³-hybridized carbons (Fsp3) is 1.00. The Kier molecular flexibility index (Phi) is 5.35. The van der Waals surface area contributed by atoms with Crippen molar-refractivity contribution in [3.63, 3.8) is 0 Å². The van der Waals surface area contributed by atoms with Crippen LogP contribution in [0.5, 0.6) is 0 Å². The van der Waals surface area contributed by atoms with Crippen LogP contribution in [0.15, 0.2) is 0 Å². The van der Waals surface area contributed by atoms with E-state index in [1.165, 1.54) is 57.8 Å². The van der Waals surface area contributed by atoms with Crippen molar-refractivity contribution < 1.29 is 4.74 Å². The highest BCUT2D eigenvalue weighted by atomic mass is 79.9. The molecule has 2 saturated carbocycles. The number of halogens is 1. The lowest BCUT2D eigenvalue weighted by Gasteiger charge is -2.40. The lowest BCUT2D eigenvalue weighted by molar-refractivity contribution is -0.0796. The second kappa shape index (κ2) is 6.56. The van der Waals surface area contributed by atoms with E-state index in [0.717, 1.165) is 23.8 Å². The molecule has 0 spiro atoms. The molecule has 0 saturated heterocycles. The van der Waals surface area contributed by atoms with Gasteiger partial charge in [-0.3, -0.25) is 0 Å². The summed E-state index contributed by atoms with van der Waals surface area (Å²) in [4.78, 5) is 0. The molecule has 2 heteroatoms. The lowest BCUT2D eigenvalue weighted by Crippen LogP contribution is -2.40. The highest BCUT2D eigenvalue weighted by Crippen LogP contribution is 2.37. The Bertz CT molecular complexity index is 225. The first-order valence-electron chi connectivity index (χ1n) is 7.44. The molecule has 0 aliphatic heterocycles. The van der Waals surface area contributed by atoms with E-state index in [1.807, 2.05) is 0 Å². The molecular weight excluding hydrogens is 276 g/mol. The molecule has 2 aliphatic carbocycles. The van der Waals surface area contributed by atoms with Crippen LogP contribution < -0.4 is 0 Å². The minimum absolute atomic E-state index is 0.162. The zero-order valence-electron chi connectivity index (χ0n) is 11.2. The average Bonchev–Trinajstić information content (AvgIpc) is 2.38. The molecule has 0 aromatic heterocycles. The summed E-state index contributed by atoms with van der Waals surface area (Å²) in [5.41, 5.74) is 0.162. The summed E-state index contributed by atoms with van der Waals surface area (Å²) < 4.78 is 6.38. The summed E-state index contributed by atoms with van der Waals surface area (Å²) in [6, 6.07) is 0. The lowest BCUT2D eigenvalue weighted by atomic mass is 9.79. The summed E-state index contributed by atoms with van der Waals surface area (Å²) in [6.45, 7) is 3.39. The van der Waals surface area contributed by atoms with E-state index in [1.54, 1.807) is 0 Å². The van der Waals surface area contributed by atoms with Crippen molar-refractivity contribution in [1.82, 2.24) is 0 Å². The summed E-state index contributed by atoms with van der Waals surface area (Å²) in [6.07, 6.45) is 12.3. The van der Waals surface area contributed by atoms with Crippen LogP contribution in [0.25, 0.3) is 0 Å². The maximum Gasteiger partial charge on any atom is 0.0781 e. The highest BCUT2D eigenvalue weighted by Gasteiger charge is 2.35. The van der Waals surface area contributed by atoms with Crippen LogP contribution in [0, 0.1) is 11.8 Å².